The van der Waals surface area contributed by atoms with E-state index in [1.807, 2.05) is 13.1 Å². The van der Waals surface area contributed by atoms with E-state index in [1.54, 1.807) is 0 Å². The Morgan fingerprint density at radius 1 is 0.727 bits per heavy atom. The predicted octanol–water partition coefficient (Wildman–Crippen LogP) is 5.03. The van der Waals surface area contributed by atoms with Crippen molar-refractivity contribution < 1.29 is 0 Å². The van der Waals surface area contributed by atoms with E-state index in [1.165, 1.54) is 21.5 Å². The number of benzene rings is 3. The minimum Gasteiger partial charge on any atom is -0.364 e. The standard InChI is InChI=1S/C21H15N/c1-15-12-17(14-22-15)7-6-16-8-11-21-19(13-16)10-9-18-4-2-3-5-20(18)21/h2-5,8-14,22H,1H3. The quantitative estimate of drug-likeness (QED) is 0.344. The number of H-pyrrole nitrogens is 1. The molecule has 1 nitrogen and oxygen atoms in total. The summed E-state index contributed by atoms with van der Waals surface area (Å²) in [7, 11) is 0. The fourth-order valence-electron chi connectivity index (χ4n) is 2.82. The van der Waals surface area contributed by atoms with Crippen LogP contribution >= 0.6 is 0 Å². The van der Waals surface area contributed by atoms with Gasteiger partial charge in [0.2, 0.25) is 0 Å². The fraction of sp³-hybridized carbons (Fsp3) is 0.0476. The summed E-state index contributed by atoms with van der Waals surface area (Å²) in [5.41, 5.74) is 3.20. The highest BCUT2D eigenvalue weighted by molar-refractivity contribution is 6.07. The second-order valence-corrected chi connectivity index (χ2v) is 5.54. The minimum absolute atomic E-state index is 1.02. The van der Waals surface area contributed by atoms with Gasteiger partial charge in [-0.15, -0.1) is 0 Å². The van der Waals surface area contributed by atoms with Crippen molar-refractivity contribution in [3.8, 4) is 11.8 Å². The normalized spacial score (nSPS) is 10.6. The fourth-order valence-corrected chi connectivity index (χ4v) is 2.82. The predicted molar refractivity (Wildman–Crippen MR) is 93.0 cm³/mol. The molecule has 0 aliphatic rings. The Kier molecular flexibility index (Phi) is 2.95. The third-order valence-corrected chi connectivity index (χ3v) is 3.92. The first-order valence-electron chi connectivity index (χ1n) is 7.38. The zero-order valence-electron chi connectivity index (χ0n) is 12.4. The molecule has 0 spiro atoms. The molecule has 3 aromatic carbocycles. The molecule has 0 amide bonds. The Bertz CT molecular complexity index is 1040. The topological polar surface area (TPSA) is 15.8 Å². The maximum atomic E-state index is 3.24. The van der Waals surface area contributed by atoms with Crippen LogP contribution in [0.5, 0.6) is 0 Å². The molecule has 0 aliphatic carbocycles. The van der Waals surface area contributed by atoms with Crippen molar-refractivity contribution in [2.75, 3.05) is 0 Å². The van der Waals surface area contributed by atoms with Crippen LogP contribution in [0, 0.1) is 18.8 Å². The number of aromatic amines is 1. The van der Waals surface area contributed by atoms with Gasteiger partial charge in [0, 0.05) is 23.0 Å². The lowest BCUT2D eigenvalue weighted by Gasteiger charge is -2.04. The van der Waals surface area contributed by atoms with Crippen molar-refractivity contribution in [2.24, 2.45) is 0 Å². The summed E-state index contributed by atoms with van der Waals surface area (Å²) >= 11 is 0. The Balaban J connectivity index is 1.81. The van der Waals surface area contributed by atoms with Gasteiger partial charge in [0.05, 0.1) is 0 Å². The molecule has 0 unspecified atom stereocenters. The van der Waals surface area contributed by atoms with Gasteiger partial charge >= 0.3 is 0 Å². The van der Waals surface area contributed by atoms with E-state index in [4.69, 9.17) is 0 Å². The number of hydrogen-bond acceptors (Lipinski definition) is 0. The second-order valence-electron chi connectivity index (χ2n) is 5.54. The third kappa shape index (κ3) is 2.25. The molecule has 104 valence electrons. The number of rotatable bonds is 0. The molecule has 0 saturated carbocycles. The molecular formula is C21H15N. The Hall–Kier alpha value is -2.98. The van der Waals surface area contributed by atoms with Crippen LogP contribution in [-0.4, -0.2) is 4.98 Å². The summed E-state index contributed by atoms with van der Waals surface area (Å²) in [5, 5.41) is 5.08. The van der Waals surface area contributed by atoms with Crippen LogP contribution in [-0.2, 0) is 0 Å². The number of aromatic nitrogens is 1. The second kappa shape index (κ2) is 5.09. The van der Waals surface area contributed by atoms with E-state index in [-0.39, 0.29) is 0 Å². The van der Waals surface area contributed by atoms with E-state index in [0.29, 0.717) is 0 Å². The third-order valence-electron chi connectivity index (χ3n) is 3.92. The van der Waals surface area contributed by atoms with Crippen molar-refractivity contribution >= 4 is 21.5 Å². The van der Waals surface area contributed by atoms with Gasteiger partial charge in [-0.1, -0.05) is 54.3 Å². The van der Waals surface area contributed by atoms with Crippen LogP contribution in [0.25, 0.3) is 21.5 Å². The van der Waals surface area contributed by atoms with Gasteiger partial charge in [-0.3, -0.25) is 0 Å². The van der Waals surface area contributed by atoms with Gasteiger partial charge in [-0.25, -0.2) is 0 Å². The van der Waals surface area contributed by atoms with Crippen LogP contribution in [0.3, 0.4) is 0 Å². The SMILES string of the molecule is Cc1cc(C#Cc2ccc3c(ccc4ccccc43)c2)c[nH]1. The number of nitrogens with one attached hydrogen (secondary N) is 1. The molecule has 1 aromatic heterocycles. The molecule has 0 bridgehead atoms. The first kappa shape index (κ1) is 12.7. The smallest absolute Gasteiger partial charge is 0.0426 e. The molecule has 1 N–H and O–H groups in total. The Morgan fingerprint density at radius 3 is 2.36 bits per heavy atom. The first-order chi connectivity index (χ1) is 10.8. The molecule has 0 fully saturated rings. The zero-order chi connectivity index (χ0) is 14.9. The lowest BCUT2D eigenvalue weighted by Crippen LogP contribution is -1.80. The van der Waals surface area contributed by atoms with Crippen LogP contribution < -0.4 is 0 Å². The van der Waals surface area contributed by atoms with Crippen LogP contribution in [0.15, 0.2) is 66.9 Å². The zero-order valence-corrected chi connectivity index (χ0v) is 12.4. The maximum Gasteiger partial charge on any atom is 0.0426 e. The largest absolute Gasteiger partial charge is 0.364 e. The number of aryl methyl sites for hydroxylation is 1. The summed E-state index contributed by atoms with van der Waals surface area (Å²) < 4.78 is 0. The lowest BCUT2D eigenvalue weighted by molar-refractivity contribution is 1.27. The molecule has 0 aliphatic heterocycles. The van der Waals surface area contributed by atoms with Gasteiger partial charge in [0.25, 0.3) is 0 Å². The van der Waals surface area contributed by atoms with E-state index in [2.05, 4.69) is 77.5 Å². The van der Waals surface area contributed by atoms with E-state index >= 15 is 0 Å². The molecule has 1 heterocycles. The monoisotopic (exact) mass is 281 g/mol. The first-order valence-corrected chi connectivity index (χ1v) is 7.38. The summed E-state index contributed by atoms with van der Waals surface area (Å²) in [6.45, 7) is 2.03. The molecule has 4 aromatic rings. The van der Waals surface area contributed by atoms with E-state index in [0.717, 1.165) is 16.8 Å². The van der Waals surface area contributed by atoms with E-state index < -0.39 is 0 Å². The van der Waals surface area contributed by atoms with Crippen LogP contribution in [0.4, 0.5) is 0 Å². The molecule has 0 saturated heterocycles. The molecule has 4 rings (SSSR count). The Labute approximate surface area is 129 Å². The van der Waals surface area contributed by atoms with Gasteiger partial charge in [-0.2, -0.15) is 0 Å². The van der Waals surface area contributed by atoms with Crippen molar-refractivity contribution in [3.05, 3.63) is 83.7 Å². The van der Waals surface area contributed by atoms with Gasteiger partial charge in [0.1, 0.15) is 0 Å². The number of hydrogen-bond donors (Lipinski definition) is 1. The average Bonchev–Trinajstić information content (AvgIpc) is 2.98. The highest BCUT2D eigenvalue weighted by Crippen LogP contribution is 2.25. The van der Waals surface area contributed by atoms with Crippen molar-refractivity contribution in [1.29, 1.82) is 0 Å². The van der Waals surface area contributed by atoms with Gasteiger partial charge < -0.3 is 4.98 Å². The van der Waals surface area contributed by atoms with Crippen molar-refractivity contribution in [2.45, 2.75) is 6.92 Å². The summed E-state index contributed by atoms with van der Waals surface area (Å²) in [6.07, 6.45) is 1.94. The van der Waals surface area contributed by atoms with Crippen LogP contribution in [0.1, 0.15) is 16.8 Å². The molecular weight excluding hydrogens is 266 g/mol. The maximum absolute atomic E-state index is 3.24. The van der Waals surface area contributed by atoms with E-state index in [9.17, 15) is 0 Å². The molecule has 22 heavy (non-hydrogen) atoms. The lowest BCUT2D eigenvalue weighted by atomic mass is 10.0. The summed E-state index contributed by atoms with van der Waals surface area (Å²) in [4.78, 5) is 3.15. The van der Waals surface area contributed by atoms with Crippen molar-refractivity contribution in [1.82, 2.24) is 4.98 Å². The van der Waals surface area contributed by atoms with Crippen molar-refractivity contribution in [3.63, 3.8) is 0 Å². The van der Waals surface area contributed by atoms with Crippen LogP contribution in [0.2, 0.25) is 0 Å². The molecule has 0 radical (unpaired) electrons. The van der Waals surface area contributed by atoms with Gasteiger partial charge in [-0.05, 0) is 46.7 Å². The average molecular weight is 281 g/mol. The highest BCUT2D eigenvalue weighted by Gasteiger charge is 2.00. The summed E-state index contributed by atoms with van der Waals surface area (Å²) in [6, 6.07) is 21.3. The number of fused-ring (bicyclic) bond motifs is 3. The molecule has 1 heteroatoms. The Morgan fingerprint density at radius 2 is 1.50 bits per heavy atom. The van der Waals surface area contributed by atoms with Gasteiger partial charge in [0.15, 0.2) is 0 Å². The minimum atomic E-state index is 1.02. The highest BCUT2D eigenvalue weighted by atomic mass is 14.7. The summed E-state index contributed by atoms with van der Waals surface area (Å²) in [5.74, 6) is 6.45. The molecule has 0 atom stereocenters.